The highest BCUT2D eigenvalue weighted by Crippen LogP contribution is 2.30. The van der Waals surface area contributed by atoms with E-state index in [-0.39, 0.29) is 27.6 Å². The number of aromatic nitrogens is 2. The van der Waals surface area contributed by atoms with Crippen LogP contribution in [0.15, 0.2) is 53.7 Å². The molecule has 1 fully saturated rings. The molecule has 180 valence electrons. The zero-order valence-electron chi connectivity index (χ0n) is 19.2. The smallest absolute Gasteiger partial charge is 0.253 e. The molecule has 1 N–H and O–H groups in total. The molecular formula is C25H28FN3O4S. The van der Waals surface area contributed by atoms with Gasteiger partial charge in [-0.2, -0.15) is 0 Å². The number of hydrogen-bond donors (Lipinski definition) is 1. The van der Waals surface area contributed by atoms with Crippen LogP contribution in [0.4, 0.5) is 4.39 Å². The maximum absolute atomic E-state index is 14.0. The summed E-state index contributed by atoms with van der Waals surface area (Å²) >= 11 is 0. The number of nitrogens with zero attached hydrogens (tertiary/aromatic N) is 3. The predicted molar refractivity (Wildman–Crippen MR) is 126 cm³/mol. The van der Waals surface area contributed by atoms with E-state index in [1.54, 1.807) is 29.2 Å². The van der Waals surface area contributed by atoms with Gasteiger partial charge in [0, 0.05) is 31.0 Å². The number of amides is 1. The second kappa shape index (κ2) is 9.38. The Bertz CT molecular complexity index is 1300. The first-order valence-corrected chi connectivity index (χ1v) is 13.0. The molecule has 2 aromatic carbocycles. The molecule has 1 amide bonds. The summed E-state index contributed by atoms with van der Waals surface area (Å²) in [6.45, 7) is 5.11. The summed E-state index contributed by atoms with van der Waals surface area (Å²) in [4.78, 5) is 22.5. The number of benzene rings is 2. The van der Waals surface area contributed by atoms with Gasteiger partial charge in [0.2, 0.25) is 0 Å². The van der Waals surface area contributed by atoms with Crippen molar-refractivity contribution < 1.29 is 22.7 Å². The fourth-order valence-corrected chi connectivity index (χ4v) is 6.07. The lowest BCUT2D eigenvalue weighted by atomic mass is 9.84. The van der Waals surface area contributed by atoms with E-state index in [1.165, 1.54) is 18.5 Å². The van der Waals surface area contributed by atoms with Crippen LogP contribution in [0.2, 0.25) is 0 Å². The van der Waals surface area contributed by atoms with Crippen molar-refractivity contribution in [2.24, 2.45) is 5.92 Å². The summed E-state index contributed by atoms with van der Waals surface area (Å²) in [6.07, 6.45) is 4.44. The first kappa shape index (κ1) is 24.2. The van der Waals surface area contributed by atoms with Gasteiger partial charge in [0.25, 0.3) is 5.91 Å². The van der Waals surface area contributed by atoms with E-state index in [2.05, 4.69) is 23.8 Å². The molecule has 0 radical (unpaired) electrons. The molecule has 0 saturated carbocycles. The van der Waals surface area contributed by atoms with Gasteiger partial charge < -0.3 is 10.0 Å². The minimum absolute atomic E-state index is 0.00294. The molecule has 1 aliphatic rings. The summed E-state index contributed by atoms with van der Waals surface area (Å²) in [7, 11) is -3.83. The summed E-state index contributed by atoms with van der Waals surface area (Å²) in [6, 6.07) is 8.74. The molecule has 3 aromatic rings. The number of rotatable bonds is 6. The van der Waals surface area contributed by atoms with Gasteiger partial charge in [0.1, 0.15) is 11.0 Å². The second-order valence-corrected chi connectivity index (χ2v) is 11.3. The number of carbonyl (C=O) groups is 1. The first-order valence-electron chi connectivity index (χ1n) is 11.3. The van der Waals surface area contributed by atoms with E-state index >= 15 is 0 Å². The van der Waals surface area contributed by atoms with Crippen LogP contribution in [0.25, 0.3) is 11.0 Å². The standard InChI is InChI=1S/C25H28FN3O4S/c1-17(2)15-25(31)9-13-29(14-10-25)24(30)19-5-3-18(4-6-19)16-34(32,33)21-8-7-20(26)22-23(21)28-12-11-27-22/h3-8,11-12,17,31H,9-10,13-16H2,1-2H3. The summed E-state index contributed by atoms with van der Waals surface area (Å²) < 4.78 is 40.1. The summed E-state index contributed by atoms with van der Waals surface area (Å²) in [5.74, 6) is -0.702. The van der Waals surface area contributed by atoms with E-state index in [1.807, 2.05) is 0 Å². The van der Waals surface area contributed by atoms with Crippen molar-refractivity contribution >= 4 is 26.8 Å². The third-order valence-corrected chi connectivity index (χ3v) is 7.91. The zero-order valence-corrected chi connectivity index (χ0v) is 20.1. The van der Waals surface area contributed by atoms with E-state index < -0.39 is 21.3 Å². The minimum Gasteiger partial charge on any atom is -0.390 e. The third kappa shape index (κ3) is 5.10. The normalized spacial score (nSPS) is 16.2. The Balaban J connectivity index is 1.46. The lowest BCUT2D eigenvalue weighted by molar-refractivity contribution is -0.0311. The molecule has 4 rings (SSSR count). The molecule has 1 aromatic heterocycles. The predicted octanol–water partition coefficient (Wildman–Crippen LogP) is 3.76. The molecule has 1 saturated heterocycles. The average Bonchev–Trinajstić information content (AvgIpc) is 2.79. The van der Waals surface area contributed by atoms with Crippen molar-refractivity contribution in [3.63, 3.8) is 0 Å². The largest absolute Gasteiger partial charge is 0.390 e. The maximum atomic E-state index is 14.0. The van der Waals surface area contributed by atoms with Gasteiger partial charge in [0.15, 0.2) is 15.7 Å². The molecule has 34 heavy (non-hydrogen) atoms. The highest BCUT2D eigenvalue weighted by atomic mass is 32.2. The van der Waals surface area contributed by atoms with Gasteiger partial charge in [-0.1, -0.05) is 26.0 Å². The Morgan fingerprint density at radius 2 is 1.68 bits per heavy atom. The molecule has 7 nitrogen and oxygen atoms in total. The van der Waals surface area contributed by atoms with Crippen molar-refractivity contribution in [3.8, 4) is 0 Å². The fourth-order valence-electron chi connectivity index (χ4n) is 4.56. The Kier molecular flexibility index (Phi) is 6.69. The van der Waals surface area contributed by atoms with Crippen LogP contribution in [-0.2, 0) is 15.6 Å². The molecule has 0 bridgehead atoms. The van der Waals surface area contributed by atoms with Gasteiger partial charge in [-0.05, 0) is 55.0 Å². The van der Waals surface area contributed by atoms with E-state index in [0.29, 0.717) is 49.4 Å². The highest BCUT2D eigenvalue weighted by Gasteiger charge is 2.34. The van der Waals surface area contributed by atoms with Crippen molar-refractivity contribution in [2.75, 3.05) is 13.1 Å². The number of fused-ring (bicyclic) bond motifs is 1. The quantitative estimate of drug-likeness (QED) is 0.534. The maximum Gasteiger partial charge on any atom is 0.253 e. The Hall–Kier alpha value is -2.91. The van der Waals surface area contributed by atoms with Gasteiger partial charge >= 0.3 is 0 Å². The third-order valence-electron chi connectivity index (χ3n) is 6.20. The van der Waals surface area contributed by atoms with Crippen LogP contribution in [-0.4, -0.2) is 53.0 Å². The molecule has 0 aliphatic carbocycles. The zero-order chi connectivity index (χ0) is 24.5. The van der Waals surface area contributed by atoms with Crippen molar-refractivity contribution in [1.29, 1.82) is 0 Å². The number of aliphatic hydroxyl groups is 1. The Morgan fingerprint density at radius 1 is 1.06 bits per heavy atom. The Labute approximate surface area is 198 Å². The molecular weight excluding hydrogens is 457 g/mol. The second-order valence-electron chi connectivity index (χ2n) is 9.37. The van der Waals surface area contributed by atoms with Gasteiger partial charge in [-0.3, -0.25) is 9.78 Å². The number of carbonyl (C=O) groups excluding carboxylic acids is 1. The number of likely N-dealkylation sites (tertiary alicyclic amines) is 1. The highest BCUT2D eigenvalue weighted by molar-refractivity contribution is 7.90. The van der Waals surface area contributed by atoms with Gasteiger partial charge in [-0.25, -0.2) is 17.8 Å². The van der Waals surface area contributed by atoms with Crippen LogP contribution in [0.1, 0.15) is 49.0 Å². The lowest BCUT2D eigenvalue weighted by Gasteiger charge is -2.39. The summed E-state index contributed by atoms with van der Waals surface area (Å²) in [5.41, 5.74) is 0.150. The number of sulfone groups is 1. The fraction of sp³-hybridized carbons (Fsp3) is 0.400. The van der Waals surface area contributed by atoms with Gasteiger partial charge in [-0.15, -0.1) is 0 Å². The lowest BCUT2D eigenvalue weighted by Crippen LogP contribution is -2.47. The van der Waals surface area contributed by atoms with Gasteiger partial charge in [0.05, 0.1) is 16.2 Å². The molecule has 0 unspecified atom stereocenters. The average molecular weight is 486 g/mol. The number of hydrogen-bond acceptors (Lipinski definition) is 6. The molecule has 1 aliphatic heterocycles. The molecule has 0 atom stereocenters. The molecule has 9 heteroatoms. The minimum atomic E-state index is -3.83. The van der Waals surface area contributed by atoms with Crippen LogP contribution in [0.5, 0.6) is 0 Å². The summed E-state index contributed by atoms with van der Waals surface area (Å²) in [5, 5.41) is 10.7. The Morgan fingerprint density at radius 3 is 2.29 bits per heavy atom. The molecule has 2 heterocycles. The van der Waals surface area contributed by atoms with Crippen molar-refractivity contribution in [3.05, 3.63) is 65.7 Å². The number of halogens is 1. The van der Waals surface area contributed by atoms with Crippen molar-refractivity contribution in [2.45, 2.75) is 49.4 Å². The van der Waals surface area contributed by atoms with Crippen LogP contribution in [0.3, 0.4) is 0 Å². The monoisotopic (exact) mass is 485 g/mol. The van der Waals surface area contributed by atoms with Crippen molar-refractivity contribution in [1.82, 2.24) is 14.9 Å². The van der Waals surface area contributed by atoms with E-state index in [9.17, 15) is 22.7 Å². The van der Waals surface area contributed by atoms with E-state index in [4.69, 9.17) is 0 Å². The topological polar surface area (TPSA) is 100 Å². The first-order chi connectivity index (χ1) is 16.1. The van der Waals surface area contributed by atoms with E-state index in [0.717, 1.165) is 6.07 Å². The SMILES string of the molecule is CC(C)CC1(O)CCN(C(=O)c2ccc(CS(=O)(=O)c3ccc(F)c4nccnc34)cc2)CC1. The van der Waals surface area contributed by atoms with Crippen LogP contribution < -0.4 is 0 Å². The van der Waals surface area contributed by atoms with Crippen LogP contribution in [0, 0.1) is 11.7 Å². The molecule has 0 spiro atoms. The van der Waals surface area contributed by atoms with Crippen LogP contribution >= 0.6 is 0 Å². The number of piperidine rings is 1.